The summed E-state index contributed by atoms with van der Waals surface area (Å²) in [5.41, 5.74) is 7.75. The fraction of sp³-hybridized carbons (Fsp3) is 0.333. The molecule has 1 aromatic heterocycles. The molecule has 1 aliphatic rings. The number of nitrogens with one attached hydrogen (secondary N) is 1. The number of benzene rings is 1. The van der Waals surface area contributed by atoms with Crippen LogP contribution in [0.5, 0.6) is 0 Å². The van der Waals surface area contributed by atoms with E-state index in [1.54, 1.807) is 42.7 Å². The summed E-state index contributed by atoms with van der Waals surface area (Å²) in [6, 6.07) is 8.93. The molecule has 5 heteroatoms. The molecular formula is C18H21N3O2. The second-order valence-corrected chi connectivity index (χ2v) is 6.14. The Hall–Kier alpha value is -2.40. The van der Waals surface area contributed by atoms with Crippen LogP contribution in [0.4, 0.5) is 0 Å². The number of H-pyrrole nitrogens is 1. The fourth-order valence-electron chi connectivity index (χ4n) is 3.07. The van der Waals surface area contributed by atoms with Gasteiger partial charge in [0, 0.05) is 47.7 Å². The zero-order valence-electron chi connectivity index (χ0n) is 13.2. The fourth-order valence-corrected chi connectivity index (χ4v) is 3.07. The first-order valence-corrected chi connectivity index (χ1v) is 7.90. The Morgan fingerprint density at radius 3 is 2.43 bits per heavy atom. The maximum atomic E-state index is 12.6. The van der Waals surface area contributed by atoms with E-state index >= 15 is 0 Å². The maximum Gasteiger partial charge on any atom is 0.254 e. The second kappa shape index (κ2) is 6.38. The molecule has 2 heterocycles. The van der Waals surface area contributed by atoms with Crippen molar-refractivity contribution in [3.05, 3.63) is 59.4 Å². The normalized spacial score (nSPS) is 21.2. The Labute approximate surface area is 135 Å². The summed E-state index contributed by atoms with van der Waals surface area (Å²) in [7, 11) is 0. The number of hydrogen-bond donors (Lipinski definition) is 2. The molecule has 0 spiro atoms. The van der Waals surface area contributed by atoms with Crippen LogP contribution in [-0.2, 0) is 0 Å². The number of hydrogen-bond acceptors (Lipinski definition) is 3. The SMILES string of the molecule is C[C@H]1C[C@@H](N)CCN1C(=O)c1ccc(C(=O)c2cc[nH]c2)cc1. The zero-order valence-corrected chi connectivity index (χ0v) is 13.2. The molecule has 120 valence electrons. The number of likely N-dealkylation sites (tertiary alicyclic amines) is 1. The van der Waals surface area contributed by atoms with Crippen LogP contribution in [0.1, 0.15) is 46.0 Å². The van der Waals surface area contributed by atoms with Gasteiger partial charge in [-0.15, -0.1) is 0 Å². The van der Waals surface area contributed by atoms with E-state index in [1.807, 2.05) is 11.8 Å². The van der Waals surface area contributed by atoms with Crippen molar-refractivity contribution in [3.8, 4) is 0 Å². The molecule has 1 aliphatic heterocycles. The van der Waals surface area contributed by atoms with Gasteiger partial charge in [0.25, 0.3) is 5.91 Å². The quantitative estimate of drug-likeness (QED) is 0.853. The van der Waals surface area contributed by atoms with Gasteiger partial charge >= 0.3 is 0 Å². The van der Waals surface area contributed by atoms with E-state index in [9.17, 15) is 9.59 Å². The van der Waals surface area contributed by atoms with Crippen LogP contribution in [0.15, 0.2) is 42.7 Å². The number of piperidine rings is 1. The summed E-state index contributed by atoms with van der Waals surface area (Å²) >= 11 is 0. The van der Waals surface area contributed by atoms with E-state index < -0.39 is 0 Å². The van der Waals surface area contributed by atoms with E-state index in [2.05, 4.69) is 4.98 Å². The minimum atomic E-state index is -0.0532. The first-order valence-electron chi connectivity index (χ1n) is 7.90. The van der Waals surface area contributed by atoms with E-state index in [0.717, 1.165) is 12.8 Å². The lowest BCUT2D eigenvalue weighted by Gasteiger charge is -2.36. The minimum absolute atomic E-state index is 0.00467. The number of ketones is 1. The zero-order chi connectivity index (χ0) is 16.4. The van der Waals surface area contributed by atoms with Gasteiger partial charge < -0.3 is 15.6 Å². The molecule has 2 atom stereocenters. The summed E-state index contributed by atoms with van der Waals surface area (Å²) in [6.07, 6.45) is 5.05. The largest absolute Gasteiger partial charge is 0.367 e. The molecule has 23 heavy (non-hydrogen) atoms. The van der Waals surface area contributed by atoms with Gasteiger partial charge in [0.2, 0.25) is 0 Å². The number of aromatic nitrogens is 1. The number of carbonyl (C=O) groups excluding carboxylic acids is 2. The third kappa shape index (κ3) is 3.19. The molecule has 1 saturated heterocycles. The Kier molecular flexibility index (Phi) is 4.30. The van der Waals surface area contributed by atoms with Crippen LogP contribution in [-0.4, -0.2) is 40.2 Å². The van der Waals surface area contributed by atoms with Crippen LogP contribution in [0.25, 0.3) is 0 Å². The van der Waals surface area contributed by atoms with Crippen molar-refractivity contribution in [2.45, 2.75) is 31.8 Å². The van der Waals surface area contributed by atoms with Crippen molar-refractivity contribution in [3.63, 3.8) is 0 Å². The molecule has 0 bridgehead atoms. The number of rotatable bonds is 3. The highest BCUT2D eigenvalue weighted by Gasteiger charge is 2.27. The van der Waals surface area contributed by atoms with Crippen molar-refractivity contribution in [1.29, 1.82) is 0 Å². The molecule has 1 amide bonds. The van der Waals surface area contributed by atoms with Crippen LogP contribution in [0.2, 0.25) is 0 Å². The molecule has 0 unspecified atom stereocenters. The predicted octanol–water partition coefficient (Wildman–Crippen LogP) is 2.20. The Morgan fingerprint density at radius 1 is 1.13 bits per heavy atom. The van der Waals surface area contributed by atoms with Crippen LogP contribution < -0.4 is 5.73 Å². The number of amides is 1. The Balaban J connectivity index is 1.74. The molecule has 3 N–H and O–H groups in total. The number of nitrogens with zero attached hydrogens (tertiary/aromatic N) is 1. The molecule has 3 rings (SSSR count). The van der Waals surface area contributed by atoms with Crippen molar-refractivity contribution in [2.75, 3.05) is 6.54 Å². The number of nitrogens with two attached hydrogens (primary N) is 1. The molecule has 1 aromatic carbocycles. The first-order chi connectivity index (χ1) is 11.1. The molecule has 0 radical (unpaired) electrons. The van der Waals surface area contributed by atoms with Gasteiger partial charge in [-0.3, -0.25) is 9.59 Å². The average molecular weight is 311 g/mol. The highest BCUT2D eigenvalue weighted by atomic mass is 16.2. The van der Waals surface area contributed by atoms with Crippen LogP contribution >= 0.6 is 0 Å². The lowest BCUT2D eigenvalue weighted by molar-refractivity contribution is 0.0618. The molecule has 1 fully saturated rings. The minimum Gasteiger partial charge on any atom is -0.367 e. The summed E-state index contributed by atoms with van der Waals surface area (Å²) in [6.45, 7) is 2.71. The first kappa shape index (κ1) is 15.5. The standard InChI is InChI=1S/C18H21N3O2/c1-12-10-16(19)7-9-21(12)18(23)14-4-2-13(3-5-14)17(22)15-6-8-20-11-15/h2-6,8,11-12,16,20H,7,9-10,19H2,1H3/t12-,16-/m0/s1. The van der Waals surface area contributed by atoms with Crippen molar-refractivity contribution >= 4 is 11.7 Å². The van der Waals surface area contributed by atoms with E-state index in [-0.39, 0.29) is 23.8 Å². The topological polar surface area (TPSA) is 79.2 Å². The van der Waals surface area contributed by atoms with Gasteiger partial charge in [0.15, 0.2) is 5.78 Å². The Bertz CT molecular complexity index is 692. The smallest absolute Gasteiger partial charge is 0.254 e. The van der Waals surface area contributed by atoms with Crippen LogP contribution in [0.3, 0.4) is 0 Å². The molecule has 0 aliphatic carbocycles. The second-order valence-electron chi connectivity index (χ2n) is 6.14. The summed E-state index contributed by atoms with van der Waals surface area (Å²) < 4.78 is 0. The Morgan fingerprint density at radius 2 is 1.83 bits per heavy atom. The van der Waals surface area contributed by atoms with Gasteiger partial charge in [0.05, 0.1) is 0 Å². The van der Waals surface area contributed by atoms with Gasteiger partial charge in [-0.2, -0.15) is 0 Å². The number of aromatic amines is 1. The maximum absolute atomic E-state index is 12.6. The van der Waals surface area contributed by atoms with Gasteiger partial charge in [-0.1, -0.05) is 12.1 Å². The lowest BCUT2D eigenvalue weighted by Crippen LogP contribution is -2.48. The highest BCUT2D eigenvalue weighted by Crippen LogP contribution is 2.19. The van der Waals surface area contributed by atoms with Gasteiger partial charge in [0.1, 0.15) is 0 Å². The monoisotopic (exact) mass is 311 g/mol. The summed E-state index contributed by atoms with van der Waals surface area (Å²) in [5, 5.41) is 0. The third-order valence-corrected chi connectivity index (χ3v) is 4.43. The van der Waals surface area contributed by atoms with E-state index in [0.29, 0.717) is 23.2 Å². The lowest BCUT2D eigenvalue weighted by atomic mass is 9.97. The molecule has 5 nitrogen and oxygen atoms in total. The average Bonchev–Trinajstić information content (AvgIpc) is 3.08. The molecule has 2 aromatic rings. The van der Waals surface area contributed by atoms with Gasteiger partial charge in [-0.05, 0) is 38.0 Å². The third-order valence-electron chi connectivity index (χ3n) is 4.43. The van der Waals surface area contributed by atoms with Crippen molar-refractivity contribution in [2.24, 2.45) is 5.73 Å². The molecule has 0 saturated carbocycles. The van der Waals surface area contributed by atoms with Crippen LogP contribution in [0, 0.1) is 0 Å². The van der Waals surface area contributed by atoms with Crippen molar-refractivity contribution < 1.29 is 9.59 Å². The van der Waals surface area contributed by atoms with E-state index in [4.69, 9.17) is 5.73 Å². The number of carbonyl (C=O) groups is 2. The predicted molar refractivity (Wildman–Crippen MR) is 88.4 cm³/mol. The van der Waals surface area contributed by atoms with E-state index in [1.165, 1.54) is 0 Å². The summed E-state index contributed by atoms with van der Waals surface area (Å²) in [4.78, 5) is 29.6. The molecular weight excluding hydrogens is 290 g/mol. The highest BCUT2D eigenvalue weighted by molar-refractivity contribution is 6.09. The summed E-state index contributed by atoms with van der Waals surface area (Å²) in [5.74, 6) is -0.0485. The van der Waals surface area contributed by atoms with Gasteiger partial charge in [-0.25, -0.2) is 0 Å². The van der Waals surface area contributed by atoms with Crippen molar-refractivity contribution in [1.82, 2.24) is 9.88 Å².